The molecule has 2 atom stereocenters. The first-order chi connectivity index (χ1) is 17.7. The summed E-state index contributed by atoms with van der Waals surface area (Å²) < 4.78 is 5.93. The summed E-state index contributed by atoms with van der Waals surface area (Å²) in [7, 11) is 0. The lowest BCUT2D eigenvalue weighted by atomic mass is 10.0. The Hall–Kier alpha value is -3.02. The van der Waals surface area contributed by atoms with E-state index < -0.39 is 6.04 Å². The highest BCUT2D eigenvalue weighted by atomic mass is 35.5. The summed E-state index contributed by atoms with van der Waals surface area (Å²) in [5, 5.41) is 3.99. The molecule has 0 aliphatic heterocycles. The Labute approximate surface area is 229 Å². The van der Waals surface area contributed by atoms with Crippen molar-refractivity contribution in [1.82, 2.24) is 10.2 Å². The highest BCUT2D eigenvalue weighted by Gasteiger charge is 2.31. The highest BCUT2D eigenvalue weighted by Crippen LogP contribution is 2.25. The third kappa shape index (κ3) is 8.24. The van der Waals surface area contributed by atoms with Crippen LogP contribution in [0.25, 0.3) is 0 Å². The minimum atomic E-state index is -0.765. The molecule has 0 radical (unpaired) electrons. The molecular formula is C30H34Cl2N2O3. The topological polar surface area (TPSA) is 58.6 Å². The number of aryl methyl sites for hydroxylation is 2. The standard InChI is InChI=1S/C30H34Cl2N2O3/c1-5-22(4)33-30(36)27(16-23-9-7-6-8-10-23)34(18-24-12-13-25(31)17-26(24)32)29(35)19-37-28-14-11-20(2)15-21(28)3/h6-15,17,22,27H,5,16,18-19H2,1-4H3,(H,33,36)/t22-,27-/m1/s1. The first kappa shape index (κ1) is 28.5. The van der Waals surface area contributed by atoms with Crippen molar-refractivity contribution in [3.05, 3.63) is 99.0 Å². The molecule has 0 bridgehead atoms. The number of rotatable bonds is 11. The molecule has 0 aromatic heterocycles. The van der Waals surface area contributed by atoms with Gasteiger partial charge in [-0.15, -0.1) is 0 Å². The van der Waals surface area contributed by atoms with Crippen LogP contribution in [0.3, 0.4) is 0 Å². The Morgan fingerprint density at radius 2 is 1.73 bits per heavy atom. The van der Waals surface area contributed by atoms with Crippen LogP contribution in [0.1, 0.15) is 42.5 Å². The number of hydrogen-bond acceptors (Lipinski definition) is 3. The SMILES string of the molecule is CC[C@@H](C)NC(=O)[C@@H](Cc1ccccc1)N(Cc1ccc(Cl)cc1Cl)C(=O)COc1ccc(C)cc1C. The second-order valence-corrected chi connectivity index (χ2v) is 10.2. The van der Waals surface area contributed by atoms with Gasteiger partial charge in [0.15, 0.2) is 6.61 Å². The van der Waals surface area contributed by atoms with Gasteiger partial charge in [0.2, 0.25) is 5.91 Å². The van der Waals surface area contributed by atoms with Crippen LogP contribution in [-0.4, -0.2) is 35.4 Å². The summed E-state index contributed by atoms with van der Waals surface area (Å²) in [6.07, 6.45) is 1.13. The van der Waals surface area contributed by atoms with E-state index in [4.69, 9.17) is 27.9 Å². The second kappa shape index (κ2) is 13.5. The van der Waals surface area contributed by atoms with E-state index in [9.17, 15) is 9.59 Å². The van der Waals surface area contributed by atoms with Gasteiger partial charge in [-0.1, -0.05) is 84.2 Å². The molecule has 3 rings (SSSR count). The number of carbonyl (C=O) groups is 2. The molecule has 0 saturated carbocycles. The van der Waals surface area contributed by atoms with Crippen LogP contribution in [0, 0.1) is 13.8 Å². The minimum absolute atomic E-state index is 0.0340. The summed E-state index contributed by atoms with van der Waals surface area (Å²) in [5.41, 5.74) is 3.69. The van der Waals surface area contributed by atoms with E-state index in [1.807, 2.05) is 76.2 Å². The van der Waals surface area contributed by atoms with Crippen molar-refractivity contribution < 1.29 is 14.3 Å². The number of hydrogen-bond donors (Lipinski definition) is 1. The van der Waals surface area contributed by atoms with E-state index in [-0.39, 0.29) is 31.0 Å². The largest absolute Gasteiger partial charge is 0.483 e. The summed E-state index contributed by atoms with van der Waals surface area (Å²) in [6.45, 7) is 7.82. The number of ether oxygens (including phenoxy) is 1. The van der Waals surface area contributed by atoms with Crippen molar-refractivity contribution in [1.29, 1.82) is 0 Å². The molecule has 3 aromatic carbocycles. The lowest BCUT2D eigenvalue weighted by Crippen LogP contribution is -2.53. The van der Waals surface area contributed by atoms with Crippen LogP contribution >= 0.6 is 23.2 Å². The van der Waals surface area contributed by atoms with Gasteiger partial charge in [0.25, 0.3) is 5.91 Å². The predicted octanol–water partition coefficient (Wildman–Crippen LogP) is 6.54. The summed E-state index contributed by atoms with van der Waals surface area (Å²) in [6, 6.07) is 19.8. The molecule has 0 heterocycles. The average molecular weight is 542 g/mol. The molecule has 0 aliphatic carbocycles. The van der Waals surface area contributed by atoms with E-state index >= 15 is 0 Å². The van der Waals surface area contributed by atoms with E-state index in [0.29, 0.717) is 27.8 Å². The molecule has 0 spiro atoms. The quantitative estimate of drug-likeness (QED) is 0.300. The molecule has 7 heteroatoms. The maximum Gasteiger partial charge on any atom is 0.261 e. The van der Waals surface area contributed by atoms with Gasteiger partial charge in [-0.25, -0.2) is 0 Å². The van der Waals surface area contributed by atoms with Crippen LogP contribution < -0.4 is 10.1 Å². The van der Waals surface area contributed by atoms with Crippen LogP contribution in [0.4, 0.5) is 0 Å². The molecule has 0 unspecified atom stereocenters. The number of halogens is 2. The Bertz CT molecular complexity index is 1220. The van der Waals surface area contributed by atoms with Crippen LogP contribution in [0.5, 0.6) is 5.75 Å². The van der Waals surface area contributed by atoms with Gasteiger partial charge < -0.3 is 15.0 Å². The van der Waals surface area contributed by atoms with Gasteiger partial charge in [-0.2, -0.15) is 0 Å². The molecule has 37 heavy (non-hydrogen) atoms. The summed E-state index contributed by atoms with van der Waals surface area (Å²) >= 11 is 12.6. The van der Waals surface area contributed by atoms with Crippen LogP contribution in [0.2, 0.25) is 10.0 Å². The molecule has 0 saturated heterocycles. The Kier molecular flexibility index (Phi) is 10.4. The fourth-order valence-electron chi connectivity index (χ4n) is 4.01. The van der Waals surface area contributed by atoms with Gasteiger partial charge in [0.1, 0.15) is 11.8 Å². The maximum atomic E-state index is 13.7. The molecule has 5 nitrogen and oxygen atoms in total. The zero-order valence-corrected chi connectivity index (χ0v) is 23.3. The Morgan fingerprint density at radius 1 is 1.00 bits per heavy atom. The molecule has 0 aliphatic rings. The molecule has 1 N–H and O–H groups in total. The Morgan fingerprint density at radius 3 is 2.38 bits per heavy atom. The number of nitrogens with zero attached hydrogens (tertiary/aromatic N) is 1. The molecule has 2 amide bonds. The molecular weight excluding hydrogens is 507 g/mol. The summed E-state index contributed by atoms with van der Waals surface area (Å²) in [5.74, 6) is 0.0986. The maximum absolute atomic E-state index is 13.7. The van der Waals surface area contributed by atoms with Gasteiger partial charge in [0, 0.05) is 29.1 Å². The van der Waals surface area contributed by atoms with Gasteiger partial charge in [-0.3, -0.25) is 9.59 Å². The number of amides is 2. The molecule has 3 aromatic rings. The first-order valence-electron chi connectivity index (χ1n) is 12.5. The van der Waals surface area contributed by atoms with Gasteiger partial charge in [-0.05, 0) is 62.1 Å². The van der Waals surface area contributed by atoms with E-state index in [1.165, 1.54) is 0 Å². The fraction of sp³-hybridized carbons (Fsp3) is 0.333. The van der Waals surface area contributed by atoms with Gasteiger partial charge >= 0.3 is 0 Å². The van der Waals surface area contributed by atoms with Crippen molar-refractivity contribution in [2.24, 2.45) is 0 Å². The fourth-order valence-corrected chi connectivity index (χ4v) is 4.48. The normalized spacial score (nSPS) is 12.5. The predicted molar refractivity (Wildman–Crippen MR) is 150 cm³/mol. The van der Waals surface area contributed by atoms with Crippen LogP contribution in [0.15, 0.2) is 66.7 Å². The van der Waals surface area contributed by atoms with Gasteiger partial charge in [0.05, 0.1) is 0 Å². The molecule has 0 fully saturated rings. The van der Waals surface area contributed by atoms with Crippen molar-refractivity contribution in [3.8, 4) is 5.75 Å². The molecule has 196 valence electrons. The highest BCUT2D eigenvalue weighted by molar-refractivity contribution is 6.35. The van der Waals surface area contributed by atoms with E-state index in [1.54, 1.807) is 23.1 Å². The lowest BCUT2D eigenvalue weighted by Gasteiger charge is -2.32. The number of benzene rings is 3. The smallest absolute Gasteiger partial charge is 0.261 e. The Balaban J connectivity index is 1.95. The zero-order chi connectivity index (χ0) is 26.9. The average Bonchev–Trinajstić information content (AvgIpc) is 2.87. The summed E-state index contributed by atoms with van der Waals surface area (Å²) in [4.78, 5) is 28.8. The van der Waals surface area contributed by atoms with E-state index in [2.05, 4.69) is 5.32 Å². The van der Waals surface area contributed by atoms with E-state index in [0.717, 1.165) is 23.1 Å². The van der Waals surface area contributed by atoms with Crippen molar-refractivity contribution in [3.63, 3.8) is 0 Å². The minimum Gasteiger partial charge on any atom is -0.483 e. The first-order valence-corrected chi connectivity index (χ1v) is 13.2. The number of nitrogens with one attached hydrogen (secondary N) is 1. The van der Waals surface area contributed by atoms with Crippen molar-refractivity contribution in [2.45, 2.75) is 59.2 Å². The third-order valence-electron chi connectivity index (χ3n) is 6.31. The van der Waals surface area contributed by atoms with Crippen LogP contribution in [-0.2, 0) is 22.6 Å². The van der Waals surface area contributed by atoms with Crippen molar-refractivity contribution in [2.75, 3.05) is 6.61 Å². The second-order valence-electron chi connectivity index (χ2n) is 9.34. The zero-order valence-electron chi connectivity index (χ0n) is 21.8. The van der Waals surface area contributed by atoms with Crippen molar-refractivity contribution >= 4 is 35.0 Å². The third-order valence-corrected chi connectivity index (χ3v) is 6.90. The number of carbonyl (C=O) groups excluding carboxylic acids is 2. The monoisotopic (exact) mass is 540 g/mol. The lowest BCUT2D eigenvalue weighted by molar-refractivity contribution is -0.143.